The summed E-state index contributed by atoms with van der Waals surface area (Å²) >= 11 is 0. The number of hydrogen-bond acceptors (Lipinski definition) is 2. The van der Waals surface area contributed by atoms with Gasteiger partial charge in [0.2, 0.25) is 0 Å². The molecule has 0 spiro atoms. The highest BCUT2D eigenvalue weighted by Gasteiger charge is 1.70. The third-order valence-corrected chi connectivity index (χ3v) is 0.542. The van der Waals surface area contributed by atoms with Crippen molar-refractivity contribution in [3.05, 3.63) is 12.4 Å². The van der Waals surface area contributed by atoms with Gasteiger partial charge in [-0.25, -0.2) is 0 Å². The Morgan fingerprint density at radius 2 is 1.73 bits per heavy atom. The van der Waals surface area contributed by atoms with Crippen LogP contribution in [0, 0.1) is 0 Å². The first-order valence-corrected chi connectivity index (χ1v) is 4.11. The van der Waals surface area contributed by atoms with E-state index in [-0.39, 0.29) is 0 Å². The van der Waals surface area contributed by atoms with Crippen LogP contribution in [0.3, 0.4) is 0 Å². The van der Waals surface area contributed by atoms with Crippen LogP contribution in [0.5, 0.6) is 0 Å². The highest BCUT2D eigenvalue weighted by atomic mass is 15.4. The summed E-state index contributed by atoms with van der Waals surface area (Å²) in [5.41, 5.74) is 0. The Morgan fingerprint density at radius 1 is 1.27 bits per heavy atom. The van der Waals surface area contributed by atoms with Gasteiger partial charge in [0.1, 0.15) is 0 Å². The summed E-state index contributed by atoms with van der Waals surface area (Å²) in [6.45, 7) is 8.25. The Morgan fingerprint density at radius 3 is 1.82 bits per heavy atom. The zero-order valence-electron chi connectivity index (χ0n) is 8.20. The van der Waals surface area contributed by atoms with Gasteiger partial charge in [-0.3, -0.25) is 4.68 Å². The van der Waals surface area contributed by atoms with E-state index in [1.807, 2.05) is 20.9 Å². The predicted molar refractivity (Wildman–Crippen MR) is 48.3 cm³/mol. The Kier molecular flexibility index (Phi) is 13.8. The fraction of sp³-hybridized carbons (Fsp3) is 0.750. The molecule has 0 fully saturated rings. The first-order chi connectivity index (χ1) is 5.31. The van der Waals surface area contributed by atoms with Crippen molar-refractivity contribution in [3.63, 3.8) is 0 Å². The minimum absolute atomic E-state index is 1.25. The second-order valence-corrected chi connectivity index (χ2v) is 1.78. The Balaban J connectivity index is 0. The van der Waals surface area contributed by atoms with Crippen molar-refractivity contribution in [2.24, 2.45) is 7.05 Å². The maximum atomic E-state index is 3.58. The van der Waals surface area contributed by atoms with Gasteiger partial charge in [0.25, 0.3) is 0 Å². The molecule has 0 atom stereocenters. The topological polar surface area (TPSA) is 30.7 Å². The summed E-state index contributed by atoms with van der Waals surface area (Å²) < 4.78 is 1.64. The lowest BCUT2D eigenvalue weighted by Crippen LogP contribution is -1.85. The zero-order valence-corrected chi connectivity index (χ0v) is 8.20. The summed E-state index contributed by atoms with van der Waals surface area (Å²) in [7, 11) is 1.83. The predicted octanol–water partition coefficient (Wildman–Crippen LogP) is 2.26. The van der Waals surface area contributed by atoms with Crippen LogP contribution in [0.15, 0.2) is 12.4 Å². The maximum Gasteiger partial charge on any atom is 0.0692 e. The number of nitrogens with zero attached hydrogens (tertiary/aromatic N) is 3. The van der Waals surface area contributed by atoms with E-state index in [1.54, 1.807) is 17.1 Å². The van der Waals surface area contributed by atoms with Gasteiger partial charge in [-0.2, -0.15) is 0 Å². The summed E-state index contributed by atoms with van der Waals surface area (Å²) in [5, 5.41) is 7.12. The highest BCUT2D eigenvalue weighted by molar-refractivity contribution is 4.59. The minimum Gasteiger partial charge on any atom is -0.256 e. The van der Waals surface area contributed by atoms with Crippen molar-refractivity contribution in [1.29, 1.82) is 0 Å². The van der Waals surface area contributed by atoms with Gasteiger partial charge in [0.05, 0.1) is 6.20 Å². The van der Waals surface area contributed by atoms with E-state index in [0.717, 1.165) is 0 Å². The molecule has 0 aliphatic heterocycles. The highest BCUT2D eigenvalue weighted by Crippen LogP contribution is 1.66. The molecule has 66 valence electrons. The van der Waals surface area contributed by atoms with E-state index >= 15 is 0 Å². The molecule has 0 amide bonds. The van der Waals surface area contributed by atoms with Crippen molar-refractivity contribution < 1.29 is 0 Å². The van der Waals surface area contributed by atoms with Crippen molar-refractivity contribution in [1.82, 2.24) is 15.0 Å². The number of aryl methyl sites for hydroxylation is 1. The number of rotatable bonds is 0. The Bertz CT molecular complexity index is 124. The van der Waals surface area contributed by atoms with Crippen LogP contribution in [0.25, 0.3) is 0 Å². The zero-order chi connectivity index (χ0) is 9.11. The standard InChI is InChI=1S/C3H5N3.C3H8.C2H6/c1-6-3-2-4-5-6;1-3-2;1-2/h2-3H,1H3;3H2,1-2H3;1-2H3. The van der Waals surface area contributed by atoms with Crippen LogP contribution in [0.4, 0.5) is 0 Å². The molecular formula is C8H19N3. The van der Waals surface area contributed by atoms with Gasteiger partial charge in [-0.1, -0.05) is 39.3 Å². The normalized spacial score (nSPS) is 7.00. The SMILES string of the molecule is CC.CCC.Cn1ccnn1. The molecule has 1 aromatic heterocycles. The molecule has 0 unspecified atom stereocenters. The minimum atomic E-state index is 1.25. The second-order valence-electron chi connectivity index (χ2n) is 1.78. The summed E-state index contributed by atoms with van der Waals surface area (Å²) in [5.74, 6) is 0. The molecule has 1 rings (SSSR count). The molecule has 0 radical (unpaired) electrons. The maximum absolute atomic E-state index is 3.58. The van der Waals surface area contributed by atoms with E-state index in [2.05, 4.69) is 24.2 Å². The fourth-order valence-electron chi connectivity index (χ4n) is 0.267. The molecule has 1 heterocycles. The Labute approximate surface area is 69.4 Å². The first kappa shape index (κ1) is 12.8. The smallest absolute Gasteiger partial charge is 0.0692 e. The third kappa shape index (κ3) is 12.4. The van der Waals surface area contributed by atoms with E-state index in [1.165, 1.54) is 6.42 Å². The molecule has 0 N–H and O–H groups in total. The van der Waals surface area contributed by atoms with Crippen LogP contribution < -0.4 is 0 Å². The van der Waals surface area contributed by atoms with Gasteiger partial charge in [-0.15, -0.1) is 5.10 Å². The van der Waals surface area contributed by atoms with Crippen LogP contribution in [-0.2, 0) is 7.05 Å². The molecular weight excluding hydrogens is 138 g/mol. The number of hydrogen-bond donors (Lipinski definition) is 0. The summed E-state index contributed by atoms with van der Waals surface area (Å²) in [6, 6.07) is 0. The van der Waals surface area contributed by atoms with E-state index in [0.29, 0.717) is 0 Å². The summed E-state index contributed by atoms with van der Waals surface area (Å²) in [6.07, 6.45) is 4.67. The Hall–Kier alpha value is -0.860. The molecule has 1 aromatic rings. The van der Waals surface area contributed by atoms with Crippen molar-refractivity contribution >= 4 is 0 Å². The average molecular weight is 157 g/mol. The number of aromatic nitrogens is 3. The molecule has 0 aromatic carbocycles. The van der Waals surface area contributed by atoms with Crippen molar-refractivity contribution in [2.45, 2.75) is 34.1 Å². The van der Waals surface area contributed by atoms with E-state index in [4.69, 9.17) is 0 Å². The van der Waals surface area contributed by atoms with Crippen molar-refractivity contribution in [3.8, 4) is 0 Å². The van der Waals surface area contributed by atoms with Gasteiger partial charge in [-0.05, 0) is 0 Å². The van der Waals surface area contributed by atoms with E-state index in [9.17, 15) is 0 Å². The van der Waals surface area contributed by atoms with E-state index < -0.39 is 0 Å². The monoisotopic (exact) mass is 157 g/mol. The molecule has 11 heavy (non-hydrogen) atoms. The average Bonchev–Trinajstić information content (AvgIpc) is 2.46. The van der Waals surface area contributed by atoms with Gasteiger partial charge in [0, 0.05) is 13.2 Å². The summed E-state index contributed by atoms with van der Waals surface area (Å²) in [4.78, 5) is 0. The van der Waals surface area contributed by atoms with Crippen LogP contribution in [0.2, 0.25) is 0 Å². The van der Waals surface area contributed by atoms with Gasteiger partial charge >= 0.3 is 0 Å². The molecule has 0 saturated heterocycles. The van der Waals surface area contributed by atoms with Crippen LogP contribution in [0.1, 0.15) is 34.1 Å². The van der Waals surface area contributed by atoms with Gasteiger partial charge in [0.15, 0.2) is 0 Å². The van der Waals surface area contributed by atoms with Crippen LogP contribution in [-0.4, -0.2) is 15.0 Å². The molecule has 0 aliphatic carbocycles. The largest absolute Gasteiger partial charge is 0.256 e. The third-order valence-electron chi connectivity index (χ3n) is 0.542. The quantitative estimate of drug-likeness (QED) is 0.578. The molecule has 3 heteroatoms. The second kappa shape index (κ2) is 11.9. The first-order valence-electron chi connectivity index (χ1n) is 4.11. The van der Waals surface area contributed by atoms with Gasteiger partial charge < -0.3 is 0 Å². The lowest BCUT2D eigenvalue weighted by Gasteiger charge is -1.74. The molecule has 3 nitrogen and oxygen atoms in total. The molecule has 0 aliphatic rings. The fourth-order valence-corrected chi connectivity index (χ4v) is 0.267. The molecule has 0 saturated carbocycles. The molecule has 0 bridgehead atoms. The lowest BCUT2D eigenvalue weighted by atomic mass is 10.6. The lowest BCUT2D eigenvalue weighted by molar-refractivity contribution is 0.715. The van der Waals surface area contributed by atoms with Crippen molar-refractivity contribution in [2.75, 3.05) is 0 Å². The van der Waals surface area contributed by atoms with Crippen LogP contribution >= 0.6 is 0 Å².